The maximum atomic E-state index is 12.7. The van der Waals surface area contributed by atoms with E-state index in [9.17, 15) is 4.79 Å². The van der Waals surface area contributed by atoms with Crippen LogP contribution in [0.25, 0.3) is 11.3 Å². The van der Waals surface area contributed by atoms with Crippen molar-refractivity contribution in [3.05, 3.63) is 36.4 Å². The number of hydrogen-bond acceptors (Lipinski definition) is 7. The van der Waals surface area contributed by atoms with Gasteiger partial charge in [0.25, 0.3) is 0 Å². The van der Waals surface area contributed by atoms with Gasteiger partial charge in [-0.2, -0.15) is 0 Å². The molecule has 29 heavy (non-hydrogen) atoms. The second kappa shape index (κ2) is 9.19. The first-order valence-corrected chi connectivity index (χ1v) is 10.1. The molecule has 154 valence electrons. The van der Waals surface area contributed by atoms with E-state index in [1.54, 1.807) is 7.11 Å². The van der Waals surface area contributed by atoms with E-state index >= 15 is 0 Å². The van der Waals surface area contributed by atoms with Gasteiger partial charge in [-0.25, -0.2) is 5.01 Å². The molecule has 2 saturated heterocycles. The molecule has 1 N–H and O–H groups in total. The van der Waals surface area contributed by atoms with Crippen LogP contribution in [0.15, 0.2) is 36.4 Å². The quantitative estimate of drug-likeness (QED) is 0.823. The highest BCUT2D eigenvalue weighted by molar-refractivity contribution is 5.79. The number of nitrogens with one attached hydrogen (secondary N) is 1. The van der Waals surface area contributed by atoms with E-state index in [1.807, 2.05) is 41.4 Å². The summed E-state index contributed by atoms with van der Waals surface area (Å²) in [6.45, 7) is 4.34. The Balaban J connectivity index is 1.38. The molecule has 0 spiro atoms. The van der Waals surface area contributed by atoms with Crippen LogP contribution in [-0.2, 0) is 9.53 Å². The van der Waals surface area contributed by atoms with Crippen molar-refractivity contribution in [1.82, 2.24) is 20.6 Å². The van der Waals surface area contributed by atoms with E-state index in [0.29, 0.717) is 19.8 Å². The molecule has 8 nitrogen and oxygen atoms in total. The zero-order valence-electron chi connectivity index (χ0n) is 16.7. The predicted octanol–water partition coefficient (Wildman–Crippen LogP) is 1.73. The largest absolute Gasteiger partial charge is 0.497 e. The van der Waals surface area contributed by atoms with Gasteiger partial charge < -0.3 is 14.4 Å². The highest BCUT2D eigenvalue weighted by Crippen LogP contribution is 2.24. The summed E-state index contributed by atoms with van der Waals surface area (Å²) >= 11 is 0. The van der Waals surface area contributed by atoms with Crippen LogP contribution in [0.2, 0.25) is 0 Å². The summed E-state index contributed by atoms with van der Waals surface area (Å²) in [6.07, 6.45) is 1.85. The monoisotopic (exact) mass is 397 g/mol. The summed E-state index contributed by atoms with van der Waals surface area (Å²) in [5, 5.41) is 10.8. The number of carbonyl (C=O) groups is 1. The molecule has 2 aliphatic rings. The van der Waals surface area contributed by atoms with Gasteiger partial charge in [-0.3, -0.25) is 10.2 Å². The maximum absolute atomic E-state index is 12.7. The Kier molecular flexibility index (Phi) is 6.21. The number of hydrazine groups is 1. The Labute approximate surface area is 170 Å². The number of piperidine rings is 1. The first-order valence-electron chi connectivity index (χ1n) is 10.1. The summed E-state index contributed by atoms with van der Waals surface area (Å²) < 4.78 is 10.5. The highest BCUT2D eigenvalue weighted by Gasteiger charge is 2.28. The molecule has 2 aromatic rings. The Bertz CT molecular complexity index is 806. The molecule has 1 atom stereocenters. The van der Waals surface area contributed by atoms with Gasteiger partial charge in [0.05, 0.1) is 31.9 Å². The number of anilines is 1. The molecule has 1 aromatic heterocycles. The van der Waals surface area contributed by atoms with Crippen molar-refractivity contribution in [2.45, 2.75) is 12.8 Å². The average molecular weight is 397 g/mol. The number of methoxy groups -OCH3 is 1. The van der Waals surface area contributed by atoms with Gasteiger partial charge in [-0.15, -0.1) is 10.2 Å². The number of hydrogen-bond donors (Lipinski definition) is 1. The Morgan fingerprint density at radius 2 is 1.90 bits per heavy atom. The lowest BCUT2D eigenvalue weighted by molar-refractivity contribution is -0.132. The van der Waals surface area contributed by atoms with Crippen molar-refractivity contribution in [3.63, 3.8) is 0 Å². The van der Waals surface area contributed by atoms with Gasteiger partial charge in [0, 0.05) is 31.7 Å². The van der Waals surface area contributed by atoms with Crippen LogP contribution in [0.3, 0.4) is 0 Å². The Morgan fingerprint density at radius 1 is 1.10 bits per heavy atom. The number of benzene rings is 1. The molecule has 1 unspecified atom stereocenters. The summed E-state index contributed by atoms with van der Waals surface area (Å²) in [7, 11) is 1.65. The van der Waals surface area contributed by atoms with Crippen LogP contribution in [0.4, 0.5) is 5.82 Å². The average Bonchev–Trinajstić information content (AvgIpc) is 2.80. The summed E-state index contributed by atoms with van der Waals surface area (Å²) in [4.78, 5) is 14.8. The fourth-order valence-corrected chi connectivity index (χ4v) is 3.73. The van der Waals surface area contributed by atoms with Crippen molar-refractivity contribution in [2.24, 2.45) is 5.92 Å². The number of carbonyl (C=O) groups excluding carboxylic acids is 1. The van der Waals surface area contributed by atoms with Crippen molar-refractivity contribution < 1.29 is 14.3 Å². The van der Waals surface area contributed by atoms with Crippen molar-refractivity contribution in [1.29, 1.82) is 0 Å². The summed E-state index contributed by atoms with van der Waals surface area (Å²) in [5.74, 6) is 1.66. The molecule has 0 aliphatic carbocycles. The van der Waals surface area contributed by atoms with Crippen molar-refractivity contribution in [3.8, 4) is 17.0 Å². The van der Waals surface area contributed by atoms with E-state index in [1.165, 1.54) is 0 Å². The van der Waals surface area contributed by atoms with Crippen LogP contribution in [0.1, 0.15) is 12.8 Å². The zero-order valence-corrected chi connectivity index (χ0v) is 16.7. The van der Waals surface area contributed by atoms with E-state index in [-0.39, 0.29) is 11.8 Å². The number of rotatable bonds is 5. The lowest BCUT2D eigenvalue weighted by Crippen LogP contribution is -2.52. The van der Waals surface area contributed by atoms with Crippen molar-refractivity contribution in [2.75, 3.05) is 51.4 Å². The first kappa shape index (κ1) is 19.6. The number of aromatic nitrogens is 2. The second-order valence-electron chi connectivity index (χ2n) is 7.37. The molecule has 0 bridgehead atoms. The van der Waals surface area contributed by atoms with Gasteiger partial charge in [-0.1, -0.05) is 0 Å². The molecule has 2 fully saturated rings. The number of nitrogens with zero attached hydrogens (tertiary/aromatic N) is 4. The molecule has 0 radical (unpaired) electrons. The normalized spacial score (nSPS) is 20.3. The molecular weight excluding hydrogens is 370 g/mol. The smallest absolute Gasteiger partial charge is 0.239 e. The molecular formula is C21H27N5O3. The molecule has 2 aliphatic heterocycles. The van der Waals surface area contributed by atoms with E-state index in [0.717, 1.165) is 55.3 Å². The topological polar surface area (TPSA) is 79.8 Å². The van der Waals surface area contributed by atoms with Gasteiger partial charge >= 0.3 is 0 Å². The Morgan fingerprint density at radius 3 is 2.59 bits per heavy atom. The number of morpholine rings is 1. The van der Waals surface area contributed by atoms with Gasteiger partial charge in [0.2, 0.25) is 5.91 Å². The highest BCUT2D eigenvalue weighted by atomic mass is 16.5. The second-order valence-corrected chi connectivity index (χ2v) is 7.37. The minimum atomic E-state index is -0.0466. The van der Waals surface area contributed by atoms with Gasteiger partial charge in [-0.05, 0) is 49.2 Å². The van der Waals surface area contributed by atoms with Gasteiger partial charge in [0.15, 0.2) is 5.82 Å². The minimum absolute atomic E-state index is 0.0466. The van der Waals surface area contributed by atoms with Crippen LogP contribution in [0, 0.1) is 5.92 Å². The van der Waals surface area contributed by atoms with Crippen LogP contribution >= 0.6 is 0 Å². The molecule has 0 saturated carbocycles. The molecule has 1 amide bonds. The first-order chi connectivity index (χ1) is 14.2. The fraction of sp³-hybridized carbons (Fsp3) is 0.476. The molecule has 3 heterocycles. The Hall–Kier alpha value is -2.71. The summed E-state index contributed by atoms with van der Waals surface area (Å²) in [6, 6.07) is 11.7. The van der Waals surface area contributed by atoms with E-state index in [2.05, 4.69) is 20.5 Å². The fourth-order valence-electron chi connectivity index (χ4n) is 3.73. The molecule has 8 heteroatoms. The zero-order chi connectivity index (χ0) is 20.1. The van der Waals surface area contributed by atoms with Gasteiger partial charge in [0.1, 0.15) is 5.75 Å². The lowest BCUT2D eigenvalue weighted by Gasteiger charge is -2.34. The SMILES string of the molecule is COc1ccc(-c2ccc(N3CCCC(C(=O)NN4CCOCC4)C3)nn2)cc1. The predicted molar refractivity (Wildman–Crippen MR) is 109 cm³/mol. The number of ether oxygens (including phenoxy) is 2. The minimum Gasteiger partial charge on any atom is -0.497 e. The standard InChI is InChI=1S/C21H27N5O3/c1-28-18-6-4-16(5-7-18)19-8-9-20(23-22-19)25-10-2-3-17(15-25)21(27)24-26-11-13-29-14-12-26/h4-9,17H,2-3,10-15H2,1H3,(H,24,27). The van der Waals surface area contributed by atoms with E-state index < -0.39 is 0 Å². The van der Waals surface area contributed by atoms with Crippen molar-refractivity contribution >= 4 is 11.7 Å². The third kappa shape index (κ3) is 4.83. The molecule has 4 rings (SSSR count). The maximum Gasteiger partial charge on any atom is 0.239 e. The third-order valence-corrected chi connectivity index (χ3v) is 5.43. The third-order valence-electron chi connectivity index (χ3n) is 5.43. The van der Waals surface area contributed by atoms with Crippen LogP contribution in [-0.4, -0.2) is 67.6 Å². The number of amides is 1. The van der Waals surface area contributed by atoms with Crippen LogP contribution in [0.5, 0.6) is 5.75 Å². The summed E-state index contributed by atoms with van der Waals surface area (Å²) in [5.41, 5.74) is 4.85. The van der Waals surface area contributed by atoms with Crippen LogP contribution < -0.4 is 15.1 Å². The van der Waals surface area contributed by atoms with E-state index in [4.69, 9.17) is 9.47 Å². The lowest BCUT2D eigenvalue weighted by atomic mass is 9.97. The molecule has 1 aromatic carbocycles.